The summed E-state index contributed by atoms with van der Waals surface area (Å²) in [7, 11) is 1.64. The van der Waals surface area contributed by atoms with Crippen molar-refractivity contribution in [2.45, 2.75) is 19.4 Å². The van der Waals surface area contributed by atoms with Crippen LogP contribution < -0.4 is 10.5 Å². The zero-order valence-corrected chi connectivity index (χ0v) is 16.8. The molecule has 6 nitrogen and oxygen atoms in total. The van der Waals surface area contributed by atoms with Gasteiger partial charge in [-0.2, -0.15) is 5.10 Å². The van der Waals surface area contributed by atoms with E-state index in [9.17, 15) is 4.79 Å². The maximum atomic E-state index is 13.5. The monoisotopic (exact) mass is 390 g/mol. The summed E-state index contributed by atoms with van der Waals surface area (Å²) in [4.78, 5) is 15.4. The Morgan fingerprint density at radius 2 is 1.90 bits per heavy atom. The number of ether oxygens (including phenoxy) is 1. The number of para-hydroxylation sites is 1. The van der Waals surface area contributed by atoms with Crippen LogP contribution in [0.15, 0.2) is 60.8 Å². The van der Waals surface area contributed by atoms with Gasteiger partial charge in [0, 0.05) is 24.3 Å². The number of amides is 1. The van der Waals surface area contributed by atoms with Crippen LogP contribution in [-0.2, 0) is 0 Å². The van der Waals surface area contributed by atoms with E-state index in [1.54, 1.807) is 11.8 Å². The molecule has 3 aromatic rings. The molecule has 2 unspecified atom stereocenters. The molecule has 1 aliphatic heterocycles. The Bertz CT molecular complexity index is 982. The Labute approximate surface area is 170 Å². The first-order chi connectivity index (χ1) is 14.1. The minimum absolute atomic E-state index is 0.00134. The minimum atomic E-state index is 0.00134. The van der Waals surface area contributed by atoms with Gasteiger partial charge in [-0.15, -0.1) is 0 Å². The highest BCUT2D eigenvalue weighted by molar-refractivity contribution is 6.00. The molecule has 150 valence electrons. The third-order valence-corrected chi connectivity index (χ3v) is 5.58. The molecule has 1 fully saturated rings. The minimum Gasteiger partial charge on any atom is -0.497 e. The fourth-order valence-corrected chi connectivity index (χ4v) is 3.96. The molecule has 0 bridgehead atoms. The van der Waals surface area contributed by atoms with Crippen LogP contribution in [0, 0.1) is 5.92 Å². The lowest BCUT2D eigenvalue weighted by Gasteiger charge is -2.21. The molecule has 2 atom stereocenters. The summed E-state index contributed by atoms with van der Waals surface area (Å²) in [5.41, 5.74) is 8.92. The lowest BCUT2D eigenvalue weighted by molar-refractivity contribution is 0.0744. The van der Waals surface area contributed by atoms with Crippen molar-refractivity contribution in [3.63, 3.8) is 0 Å². The third kappa shape index (κ3) is 3.76. The van der Waals surface area contributed by atoms with Crippen LogP contribution in [0.1, 0.15) is 23.7 Å². The van der Waals surface area contributed by atoms with Gasteiger partial charge in [0.2, 0.25) is 0 Å². The summed E-state index contributed by atoms with van der Waals surface area (Å²) in [6, 6.07) is 17.6. The number of nitrogens with two attached hydrogens (primary N) is 1. The van der Waals surface area contributed by atoms with E-state index in [0.29, 0.717) is 30.3 Å². The van der Waals surface area contributed by atoms with Crippen molar-refractivity contribution in [2.24, 2.45) is 11.7 Å². The fourth-order valence-electron chi connectivity index (χ4n) is 3.96. The highest BCUT2D eigenvalue weighted by Gasteiger charge is 2.34. The number of hydrogen-bond acceptors (Lipinski definition) is 4. The average molecular weight is 390 g/mol. The van der Waals surface area contributed by atoms with Gasteiger partial charge >= 0.3 is 0 Å². The molecule has 1 aromatic heterocycles. The van der Waals surface area contributed by atoms with Gasteiger partial charge in [-0.1, -0.05) is 18.2 Å². The first kappa shape index (κ1) is 19.2. The number of rotatable bonds is 5. The molecule has 0 aliphatic carbocycles. The van der Waals surface area contributed by atoms with Gasteiger partial charge in [0.1, 0.15) is 11.4 Å². The molecular weight excluding hydrogens is 364 g/mol. The van der Waals surface area contributed by atoms with Gasteiger partial charge in [0.15, 0.2) is 0 Å². The van der Waals surface area contributed by atoms with Gasteiger partial charge in [-0.25, -0.2) is 4.68 Å². The Morgan fingerprint density at radius 3 is 2.52 bits per heavy atom. The highest BCUT2D eigenvalue weighted by atomic mass is 16.5. The number of likely N-dealkylation sites (tertiary alicyclic amines) is 1. The maximum absolute atomic E-state index is 13.5. The Hall–Kier alpha value is -3.12. The zero-order valence-electron chi connectivity index (χ0n) is 16.8. The van der Waals surface area contributed by atoms with E-state index >= 15 is 0 Å². The molecule has 2 N–H and O–H groups in total. The van der Waals surface area contributed by atoms with E-state index in [2.05, 4.69) is 6.92 Å². The predicted octanol–water partition coefficient (Wildman–Crippen LogP) is 3.36. The highest BCUT2D eigenvalue weighted by Crippen LogP contribution is 2.30. The average Bonchev–Trinajstić information content (AvgIpc) is 3.38. The van der Waals surface area contributed by atoms with Gasteiger partial charge < -0.3 is 15.4 Å². The second-order valence-electron chi connectivity index (χ2n) is 7.54. The normalized spacial score (nSPS) is 18.8. The third-order valence-electron chi connectivity index (χ3n) is 5.58. The SMILES string of the molecule is COc1ccc(-c2nn(-c3ccccc3)cc2C(=O)N2CC(CN)CC2C)cc1. The standard InChI is InChI=1S/C23H26N4O2/c1-16-12-17(13-24)14-26(16)23(28)21-15-27(19-6-4-3-5-7-19)25-22(21)18-8-10-20(29-2)11-9-18/h3-11,15-17H,12-14,24H2,1-2H3. The van der Waals surface area contributed by atoms with E-state index < -0.39 is 0 Å². The van der Waals surface area contributed by atoms with Crippen molar-refractivity contribution in [1.29, 1.82) is 0 Å². The molecule has 2 aromatic carbocycles. The van der Waals surface area contributed by atoms with Crippen molar-refractivity contribution < 1.29 is 9.53 Å². The van der Waals surface area contributed by atoms with Crippen LogP contribution in [0.2, 0.25) is 0 Å². The second-order valence-corrected chi connectivity index (χ2v) is 7.54. The van der Waals surface area contributed by atoms with E-state index in [4.69, 9.17) is 15.6 Å². The van der Waals surface area contributed by atoms with Gasteiger partial charge in [-0.05, 0) is 62.2 Å². The summed E-state index contributed by atoms with van der Waals surface area (Å²) < 4.78 is 7.04. The Morgan fingerprint density at radius 1 is 1.17 bits per heavy atom. The molecule has 4 rings (SSSR count). The first-order valence-electron chi connectivity index (χ1n) is 9.91. The van der Waals surface area contributed by atoms with Crippen LogP contribution in [0.25, 0.3) is 16.9 Å². The van der Waals surface area contributed by atoms with Crippen molar-refractivity contribution >= 4 is 5.91 Å². The smallest absolute Gasteiger partial charge is 0.257 e. The molecule has 1 aliphatic rings. The summed E-state index contributed by atoms with van der Waals surface area (Å²) in [6.07, 6.45) is 2.77. The summed E-state index contributed by atoms with van der Waals surface area (Å²) in [6.45, 7) is 3.38. The molecule has 2 heterocycles. The molecule has 1 amide bonds. The number of carbonyl (C=O) groups excluding carboxylic acids is 1. The molecular formula is C23H26N4O2. The maximum Gasteiger partial charge on any atom is 0.257 e. The van der Waals surface area contributed by atoms with E-state index in [-0.39, 0.29) is 11.9 Å². The summed E-state index contributed by atoms with van der Waals surface area (Å²) >= 11 is 0. The first-order valence-corrected chi connectivity index (χ1v) is 9.91. The lowest BCUT2D eigenvalue weighted by atomic mass is 10.1. The molecule has 29 heavy (non-hydrogen) atoms. The number of carbonyl (C=O) groups is 1. The van der Waals surface area contributed by atoms with Crippen LogP contribution in [-0.4, -0.2) is 46.8 Å². The number of methoxy groups -OCH3 is 1. The largest absolute Gasteiger partial charge is 0.497 e. The topological polar surface area (TPSA) is 73.4 Å². The number of benzene rings is 2. The predicted molar refractivity (Wildman–Crippen MR) is 113 cm³/mol. The van der Waals surface area contributed by atoms with Crippen LogP contribution in [0.5, 0.6) is 5.75 Å². The van der Waals surface area contributed by atoms with Crippen LogP contribution in [0.3, 0.4) is 0 Å². The summed E-state index contributed by atoms with van der Waals surface area (Å²) in [5, 5.41) is 4.77. The Kier molecular flexibility index (Phi) is 5.36. The molecule has 6 heteroatoms. The Balaban J connectivity index is 1.76. The number of nitrogens with zero attached hydrogens (tertiary/aromatic N) is 3. The molecule has 1 saturated heterocycles. The van der Waals surface area contributed by atoms with E-state index in [1.165, 1.54) is 0 Å². The van der Waals surface area contributed by atoms with E-state index in [1.807, 2.05) is 65.7 Å². The molecule has 0 saturated carbocycles. The number of hydrogen-bond donors (Lipinski definition) is 1. The molecule has 0 radical (unpaired) electrons. The molecule has 0 spiro atoms. The zero-order chi connectivity index (χ0) is 20.4. The van der Waals surface area contributed by atoms with Crippen molar-refractivity contribution in [2.75, 3.05) is 20.2 Å². The number of aromatic nitrogens is 2. The van der Waals surface area contributed by atoms with Crippen LogP contribution in [0.4, 0.5) is 0 Å². The van der Waals surface area contributed by atoms with Crippen molar-refractivity contribution in [3.8, 4) is 22.7 Å². The van der Waals surface area contributed by atoms with Crippen LogP contribution >= 0.6 is 0 Å². The van der Waals surface area contributed by atoms with Gasteiger partial charge in [0.25, 0.3) is 5.91 Å². The van der Waals surface area contributed by atoms with Gasteiger partial charge in [-0.3, -0.25) is 4.79 Å². The van der Waals surface area contributed by atoms with Crippen molar-refractivity contribution in [3.05, 3.63) is 66.4 Å². The quantitative estimate of drug-likeness (QED) is 0.725. The lowest BCUT2D eigenvalue weighted by Crippen LogP contribution is -2.34. The van der Waals surface area contributed by atoms with Gasteiger partial charge in [0.05, 0.1) is 18.4 Å². The fraction of sp³-hybridized carbons (Fsp3) is 0.304. The van der Waals surface area contributed by atoms with E-state index in [0.717, 1.165) is 23.4 Å². The van der Waals surface area contributed by atoms with Crippen molar-refractivity contribution in [1.82, 2.24) is 14.7 Å². The second kappa shape index (κ2) is 8.09. The summed E-state index contributed by atoms with van der Waals surface area (Å²) in [5.74, 6) is 1.12.